The lowest BCUT2D eigenvalue weighted by Crippen LogP contribution is -2.47. The Morgan fingerprint density at radius 3 is 2.45 bits per heavy atom. The van der Waals surface area contributed by atoms with E-state index < -0.39 is 14.1 Å². The molecule has 0 radical (unpaired) electrons. The molecule has 2 heterocycles. The molecule has 1 saturated heterocycles. The van der Waals surface area contributed by atoms with Gasteiger partial charge in [-0.2, -0.15) is 0 Å². The molecule has 0 aromatic carbocycles. The number of hydrogen-bond acceptors (Lipinski definition) is 4. The van der Waals surface area contributed by atoms with Crippen LogP contribution in [0.15, 0.2) is 12.3 Å². The summed E-state index contributed by atoms with van der Waals surface area (Å²) in [6, 6.07) is 0. The van der Waals surface area contributed by atoms with Crippen LogP contribution in [0.1, 0.15) is 34.6 Å². The molecule has 2 aliphatic heterocycles. The Morgan fingerprint density at radius 2 is 1.85 bits per heavy atom. The quantitative estimate of drug-likeness (QED) is 0.748. The van der Waals surface area contributed by atoms with Crippen molar-refractivity contribution in [2.45, 2.75) is 76.8 Å². The largest absolute Gasteiger partial charge is 0.493 e. The van der Waals surface area contributed by atoms with Crippen molar-refractivity contribution in [2.75, 3.05) is 6.61 Å². The second kappa shape index (κ2) is 5.12. The van der Waals surface area contributed by atoms with Crippen molar-refractivity contribution in [3.8, 4) is 0 Å². The number of ether oxygens (including phenoxy) is 3. The minimum absolute atomic E-state index is 0.0354. The summed E-state index contributed by atoms with van der Waals surface area (Å²) in [7, 11) is -1.77. The lowest BCUT2D eigenvalue weighted by Gasteiger charge is -2.38. The van der Waals surface area contributed by atoms with Crippen LogP contribution in [-0.2, 0) is 18.6 Å². The third-order valence-corrected chi connectivity index (χ3v) is 8.97. The maximum Gasteiger partial charge on any atom is 0.192 e. The molecule has 0 unspecified atom stereocenters. The van der Waals surface area contributed by atoms with Crippen molar-refractivity contribution >= 4 is 8.32 Å². The Hall–Kier alpha value is -0.363. The molecular weight excluding hydrogens is 272 g/mol. The van der Waals surface area contributed by atoms with Crippen molar-refractivity contribution in [1.29, 1.82) is 0 Å². The zero-order valence-electron chi connectivity index (χ0n) is 13.7. The molecular formula is C15H28O4Si. The van der Waals surface area contributed by atoms with Gasteiger partial charge in [0.25, 0.3) is 0 Å². The Kier molecular flexibility index (Phi) is 4.10. The van der Waals surface area contributed by atoms with Crippen LogP contribution in [0.3, 0.4) is 0 Å². The van der Waals surface area contributed by atoms with E-state index in [-0.39, 0.29) is 23.4 Å². The average Bonchev–Trinajstić information content (AvgIpc) is 2.59. The molecule has 0 saturated carbocycles. The van der Waals surface area contributed by atoms with Gasteiger partial charge >= 0.3 is 0 Å². The van der Waals surface area contributed by atoms with Crippen LogP contribution in [0.2, 0.25) is 18.1 Å². The molecule has 0 aromatic rings. The van der Waals surface area contributed by atoms with E-state index in [1.54, 1.807) is 6.26 Å². The van der Waals surface area contributed by atoms with Crippen LogP contribution in [-0.4, -0.2) is 39.0 Å². The van der Waals surface area contributed by atoms with Crippen molar-refractivity contribution in [2.24, 2.45) is 0 Å². The monoisotopic (exact) mass is 300 g/mol. The highest BCUT2D eigenvalue weighted by Crippen LogP contribution is 2.38. The average molecular weight is 300 g/mol. The summed E-state index contributed by atoms with van der Waals surface area (Å²) in [4.78, 5) is 0. The summed E-state index contributed by atoms with van der Waals surface area (Å²) in [6.07, 6.45) is 3.42. The summed E-state index contributed by atoms with van der Waals surface area (Å²) >= 11 is 0. The third-order valence-electron chi connectivity index (χ3n) is 4.47. The fourth-order valence-corrected chi connectivity index (χ4v) is 3.21. The van der Waals surface area contributed by atoms with Crippen molar-refractivity contribution in [3.05, 3.63) is 12.3 Å². The molecule has 3 atom stereocenters. The van der Waals surface area contributed by atoms with Crippen molar-refractivity contribution in [1.82, 2.24) is 0 Å². The van der Waals surface area contributed by atoms with E-state index in [1.807, 2.05) is 19.9 Å². The molecule has 1 fully saturated rings. The molecule has 20 heavy (non-hydrogen) atoms. The summed E-state index contributed by atoms with van der Waals surface area (Å²) < 4.78 is 23.8. The molecule has 5 heteroatoms. The lowest BCUT2D eigenvalue weighted by atomic mass is 10.1. The van der Waals surface area contributed by atoms with Crippen molar-refractivity contribution in [3.63, 3.8) is 0 Å². The van der Waals surface area contributed by atoms with Gasteiger partial charge in [-0.25, -0.2) is 0 Å². The molecule has 0 aliphatic carbocycles. The molecule has 0 bridgehead atoms. The van der Waals surface area contributed by atoms with E-state index in [1.165, 1.54) is 0 Å². The highest BCUT2D eigenvalue weighted by molar-refractivity contribution is 6.74. The SMILES string of the molecule is CC1(C)O[C@@H]2[C@@H](C=CO[C@@H]2CO[Si](C)(C)C(C)(C)C)O1. The first kappa shape index (κ1) is 16.0. The highest BCUT2D eigenvalue weighted by atomic mass is 28.4. The second-order valence-corrected chi connectivity index (χ2v) is 12.4. The molecule has 2 rings (SSSR count). The predicted octanol–water partition coefficient (Wildman–Crippen LogP) is 3.44. The second-order valence-electron chi connectivity index (χ2n) is 7.64. The molecule has 0 aromatic heterocycles. The maximum atomic E-state index is 6.25. The first-order valence-corrected chi connectivity index (χ1v) is 10.2. The highest BCUT2D eigenvalue weighted by Gasteiger charge is 2.47. The van der Waals surface area contributed by atoms with Gasteiger partial charge in [0.15, 0.2) is 14.1 Å². The van der Waals surface area contributed by atoms with E-state index in [2.05, 4.69) is 33.9 Å². The zero-order valence-corrected chi connectivity index (χ0v) is 14.7. The summed E-state index contributed by atoms with van der Waals surface area (Å²) in [5.41, 5.74) is 0. The fourth-order valence-electron chi connectivity index (χ4n) is 2.20. The Labute approximate surface area is 123 Å². The first-order chi connectivity index (χ1) is 9.02. The van der Waals surface area contributed by atoms with Gasteiger partial charge in [-0.05, 0) is 38.1 Å². The number of fused-ring (bicyclic) bond motifs is 1. The van der Waals surface area contributed by atoms with Gasteiger partial charge in [-0.15, -0.1) is 0 Å². The topological polar surface area (TPSA) is 36.9 Å². The van der Waals surface area contributed by atoms with Crippen molar-refractivity contribution < 1.29 is 18.6 Å². The van der Waals surface area contributed by atoms with E-state index in [0.29, 0.717) is 6.61 Å². The van der Waals surface area contributed by atoms with E-state index in [9.17, 15) is 0 Å². The molecule has 0 amide bonds. The molecule has 0 spiro atoms. The standard InChI is InChI=1S/C15H28O4Si/c1-14(2,3)20(6,7)17-10-12-13-11(8-9-16-12)18-15(4,5)19-13/h8-9,11-13H,10H2,1-7H3/t11-,12-,13-/m1/s1. The number of hydrogen-bond donors (Lipinski definition) is 0. The first-order valence-electron chi connectivity index (χ1n) is 7.34. The Bertz CT molecular complexity index is 384. The van der Waals surface area contributed by atoms with E-state index in [4.69, 9.17) is 18.6 Å². The summed E-state index contributed by atoms with van der Waals surface area (Å²) in [6.45, 7) is 15.6. The van der Waals surface area contributed by atoms with E-state index in [0.717, 1.165) is 0 Å². The minimum Gasteiger partial charge on any atom is -0.493 e. The predicted molar refractivity (Wildman–Crippen MR) is 81.0 cm³/mol. The van der Waals surface area contributed by atoms with Gasteiger partial charge in [-0.1, -0.05) is 20.8 Å². The Balaban J connectivity index is 1.99. The minimum atomic E-state index is -1.77. The van der Waals surface area contributed by atoms with Crippen LogP contribution >= 0.6 is 0 Å². The zero-order chi connectivity index (χ0) is 15.2. The lowest BCUT2D eigenvalue weighted by molar-refractivity contribution is -0.154. The smallest absolute Gasteiger partial charge is 0.192 e. The summed E-state index contributed by atoms with van der Waals surface area (Å²) in [5.74, 6) is -0.553. The van der Waals surface area contributed by atoms with Gasteiger partial charge in [0, 0.05) is 0 Å². The Morgan fingerprint density at radius 1 is 1.20 bits per heavy atom. The molecule has 4 nitrogen and oxygen atoms in total. The third kappa shape index (κ3) is 3.27. The van der Waals surface area contributed by atoms with Crippen LogP contribution in [0.5, 0.6) is 0 Å². The van der Waals surface area contributed by atoms with Gasteiger partial charge in [0.2, 0.25) is 0 Å². The number of rotatable bonds is 3. The van der Waals surface area contributed by atoms with Gasteiger partial charge < -0.3 is 18.6 Å². The molecule has 116 valence electrons. The fraction of sp³-hybridized carbons (Fsp3) is 0.867. The molecule has 0 N–H and O–H groups in total. The van der Waals surface area contributed by atoms with E-state index >= 15 is 0 Å². The van der Waals surface area contributed by atoms with Gasteiger partial charge in [-0.3, -0.25) is 0 Å². The molecule has 2 aliphatic rings. The van der Waals surface area contributed by atoms with Gasteiger partial charge in [0.1, 0.15) is 18.3 Å². The van der Waals surface area contributed by atoms with Gasteiger partial charge in [0.05, 0.1) is 12.9 Å². The van der Waals surface area contributed by atoms with Crippen LogP contribution in [0, 0.1) is 0 Å². The van der Waals surface area contributed by atoms with Crippen LogP contribution in [0.25, 0.3) is 0 Å². The maximum absolute atomic E-state index is 6.25. The van der Waals surface area contributed by atoms with Crippen LogP contribution < -0.4 is 0 Å². The normalized spacial score (nSPS) is 32.9. The summed E-state index contributed by atoms with van der Waals surface area (Å²) in [5, 5.41) is 0.198. The van der Waals surface area contributed by atoms with Crippen LogP contribution in [0.4, 0.5) is 0 Å².